The summed E-state index contributed by atoms with van der Waals surface area (Å²) in [5, 5.41) is 10.9. The Morgan fingerprint density at radius 2 is 2.33 bits per heavy atom. The van der Waals surface area contributed by atoms with E-state index in [1.807, 2.05) is 0 Å². The summed E-state index contributed by atoms with van der Waals surface area (Å²) in [6, 6.07) is 0. The summed E-state index contributed by atoms with van der Waals surface area (Å²) in [5.74, 6) is 0.584. The van der Waals surface area contributed by atoms with Crippen LogP contribution in [0.3, 0.4) is 0 Å². The van der Waals surface area contributed by atoms with Crippen molar-refractivity contribution in [2.24, 2.45) is 0 Å². The third kappa shape index (κ3) is 2.19. The molecule has 0 bridgehead atoms. The zero-order valence-corrected chi connectivity index (χ0v) is 9.10. The van der Waals surface area contributed by atoms with E-state index in [0.717, 1.165) is 5.39 Å². The zero-order valence-electron chi connectivity index (χ0n) is 7.59. The van der Waals surface area contributed by atoms with Gasteiger partial charge in [0.25, 0.3) is 0 Å². The van der Waals surface area contributed by atoms with Crippen molar-refractivity contribution in [2.75, 3.05) is 11.9 Å². The number of H-pyrrole nitrogens is 1. The second-order valence-corrected chi connectivity index (χ2v) is 3.72. The van der Waals surface area contributed by atoms with Gasteiger partial charge in [-0.25, -0.2) is 0 Å². The van der Waals surface area contributed by atoms with Crippen molar-refractivity contribution in [1.29, 1.82) is 0 Å². The molecule has 0 radical (unpaired) electrons. The SMILES string of the molecule is C=C(Cl)CNc1nc(Cl)nc2[nH]ncc12. The number of halogens is 2. The van der Waals surface area contributed by atoms with Crippen LogP contribution in [0.5, 0.6) is 0 Å². The molecule has 0 aliphatic rings. The van der Waals surface area contributed by atoms with Gasteiger partial charge in [0.15, 0.2) is 5.65 Å². The predicted molar refractivity (Wildman–Crippen MR) is 60.2 cm³/mol. The van der Waals surface area contributed by atoms with E-state index >= 15 is 0 Å². The minimum Gasteiger partial charge on any atom is -0.364 e. The number of nitrogens with zero attached hydrogens (tertiary/aromatic N) is 3. The van der Waals surface area contributed by atoms with Crippen LogP contribution >= 0.6 is 23.2 Å². The Bertz CT molecular complexity index is 507. The molecule has 0 fully saturated rings. The zero-order chi connectivity index (χ0) is 10.8. The van der Waals surface area contributed by atoms with Gasteiger partial charge in [-0.15, -0.1) is 0 Å². The quantitative estimate of drug-likeness (QED) is 0.812. The van der Waals surface area contributed by atoms with Crippen LogP contribution in [0.15, 0.2) is 17.8 Å². The fourth-order valence-electron chi connectivity index (χ4n) is 1.12. The molecule has 2 aromatic heterocycles. The third-order valence-corrected chi connectivity index (χ3v) is 2.03. The van der Waals surface area contributed by atoms with Gasteiger partial charge >= 0.3 is 0 Å². The molecule has 2 heterocycles. The highest BCUT2D eigenvalue weighted by Crippen LogP contribution is 2.20. The highest BCUT2D eigenvalue weighted by atomic mass is 35.5. The van der Waals surface area contributed by atoms with E-state index in [9.17, 15) is 0 Å². The highest BCUT2D eigenvalue weighted by molar-refractivity contribution is 6.29. The van der Waals surface area contributed by atoms with Crippen LogP contribution in [0, 0.1) is 0 Å². The minimum absolute atomic E-state index is 0.148. The van der Waals surface area contributed by atoms with Gasteiger partial charge < -0.3 is 5.32 Å². The summed E-state index contributed by atoms with van der Waals surface area (Å²) in [5.41, 5.74) is 0.581. The molecule has 0 aromatic carbocycles. The number of hydrogen-bond donors (Lipinski definition) is 2. The van der Waals surface area contributed by atoms with Crippen LogP contribution in [0.4, 0.5) is 5.82 Å². The average Bonchev–Trinajstić information content (AvgIpc) is 2.61. The molecule has 0 aliphatic carbocycles. The van der Waals surface area contributed by atoms with Gasteiger partial charge in [0.1, 0.15) is 5.82 Å². The van der Waals surface area contributed by atoms with E-state index in [1.165, 1.54) is 0 Å². The minimum atomic E-state index is 0.148. The number of aromatic nitrogens is 4. The molecular weight excluding hydrogens is 237 g/mol. The summed E-state index contributed by atoms with van der Waals surface area (Å²) in [6.45, 7) is 3.98. The number of nitrogens with one attached hydrogen (secondary N) is 2. The van der Waals surface area contributed by atoms with Gasteiger partial charge in [-0.2, -0.15) is 15.1 Å². The van der Waals surface area contributed by atoms with Crippen LogP contribution < -0.4 is 5.32 Å². The molecule has 0 aliphatic heterocycles. The standard InChI is InChI=1S/C8H7Cl2N5/c1-4(9)2-11-6-5-3-12-15-7(5)14-8(10)13-6/h3H,1-2H2,(H2,11,12,13,14,15). The maximum Gasteiger partial charge on any atom is 0.226 e. The molecule has 0 amide bonds. The first-order chi connectivity index (χ1) is 7.16. The fourth-order valence-corrected chi connectivity index (χ4v) is 1.36. The molecule has 78 valence electrons. The maximum atomic E-state index is 5.73. The predicted octanol–water partition coefficient (Wildman–Crippen LogP) is 2.17. The second kappa shape index (κ2) is 4.04. The third-order valence-electron chi connectivity index (χ3n) is 1.73. The molecule has 0 saturated carbocycles. The number of rotatable bonds is 3. The summed E-state index contributed by atoms with van der Waals surface area (Å²) >= 11 is 11.4. The van der Waals surface area contributed by atoms with Gasteiger partial charge in [-0.05, 0) is 11.6 Å². The van der Waals surface area contributed by atoms with Gasteiger partial charge in [-0.3, -0.25) is 5.10 Å². The van der Waals surface area contributed by atoms with Crippen molar-refractivity contribution in [1.82, 2.24) is 20.2 Å². The molecule has 2 aromatic rings. The Labute approximate surface area is 95.5 Å². The smallest absolute Gasteiger partial charge is 0.226 e. The van der Waals surface area contributed by atoms with Crippen LogP contribution in [0.1, 0.15) is 0 Å². The number of fused-ring (bicyclic) bond motifs is 1. The highest BCUT2D eigenvalue weighted by Gasteiger charge is 2.07. The number of hydrogen-bond acceptors (Lipinski definition) is 4. The second-order valence-electron chi connectivity index (χ2n) is 2.84. The van der Waals surface area contributed by atoms with Crippen molar-refractivity contribution in [2.45, 2.75) is 0 Å². The number of aromatic amines is 1. The molecule has 15 heavy (non-hydrogen) atoms. The Morgan fingerprint density at radius 1 is 1.53 bits per heavy atom. The topological polar surface area (TPSA) is 66.5 Å². The molecule has 0 atom stereocenters. The molecule has 0 unspecified atom stereocenters. The van der Waals surface area contributed by atoms with Gasteiger partial charge in [0, 0.05) is 5.03 Å². The Kier molecular flexibility index (Phi) is 2.75. The Balaban J connectivity index is 2.39. The first-order valence-corrected chi connectivity index (χ1v) is 4.86. The van der Waals surface area contributed by atoms with E-state index in [0.29, 0.717) is 23.0 Å². The van der Waals surface area contributed by atoms with Crippen molar-refractivity contribution in [3.05, 3.63) is 23.1 Å². The average molecular weight is 244 g/mol. The lowest BCUT2D eigenvalue weighted by Gasteiger charge is -2.04. The van der Waals surface area contributed by atoms with Crippen molar-refractivity contribution >= 4 is 40.1 Å². The lowest BCUT2D eigenvalue weighted by atomic mass is 10.4. The Morgan fingerprint density at radius 3 is 3.07 bits per heavy atom. The van der Waals surface area contributed by atoms with Gasteiger partial charge in [0.05, 0.1) is 18.1 Å². The molecule has 2 N–H and O–H groups in total. The van der Waals surface area contributed by atoms with Gasteiger partial charge in [0.2, 0.25) is 5.28 Å². The lowest BCUT2D eigenvalue weighted by Crippen LogP contribution is -2.04. The molecule has 0 saturated heterocycles. The maximum absolute atomic E-state index is 5.73. The van der Waals surface area contributed by atoms with E-state index in [-0.39, 0.29) is 5.28 Å². The summed E-state index contributed by atoms with van der Waals surface area (Å²) in [6.07, 6.45) is 1.62. The molecule has 7 heteroatoms. The van der Waals surface area contributed by atoms with Crippen molar-refractivity contribution < 1.29 is 0 Å². The normalized spacial score (nSPS) is 10.5. The molecule has 5 nitrogen and oxygen atoms in total. The first-order valence-electron chi connectivity index (χ1n) is 4.10. The Hall–Kier alpha value is -1.33. The molecule has 2 rings (SSSR count). The lowest BCUT2D eigenvalue weighted by molar-refractivity contribution is 1.09. The van der Waals surface area contributed by atoms with Crippen LogP contribution in [-0.2, 0) is 0 Å². The largest absolute Gasteiger partial charge is 0.364 e. The van der Waals surface area contributed by atoms with Crippen LogP contribution in [-0.4, -0.2) is 26.7 Å². The van der Waals surface area contributed by atoms with Crippen molar-refractivity contribution in [3.8, 4) is 0 Å². The fraction of sp³-hybridized carbons (Fsp3) is 0.125. The van der Waals surface area contributed by atoms with Gasteiger partial charge in [-0.1, -0.05) is 18.2 Å². The summed E-state index contributed by atoms with van der Waals surface area (Å²) in [7, 11) is 0. The monoisotopic (exact) mass is 243 g/mol. The van der Waals surface area contributed by atoms with Crippen LogP contribution in [0.25, 0.3) is 11.0 Å². The summed E-state index contributed by atoms with van der Waals surface area (Å²) in [4.78, 5) is 7.99. The van der Waals surface area contributed by atoms with Crippen LogP contribution in [0.2, 0.25) is 5.28 Å². The van der Waals surface area contributed by atoms with Crippen molar-refractivity contribution in [3.63, 3.8) is 0 Å². The van der Waals surface area contributed by atoms with E-state index in [2.05, 4.69) is 32.1 Å². The molecule has 0 spiro atoms. The van der Waals surface area contributed by atoms with E-state index in [4.69, 9.17) is 23.2 Å². The summed E-state index contributed by atoms with van der Waals surface area (Å²) < 4.78 is 0. The first kappa shape index (κ1) is 10.2. The molecular formula is C8H7Cl2N5. The number of anilines is 1. The van der Waals surface area contributed by atoms with E-state index < -0.39 is 0 Å². The van der Waals surface area contributed by atoms with E-state index in [1.54, 1.807) is 6.20 Å².